The first-order valence-corrected chi connectivity index (χ1v) is 9.02. The van der Waals surface area contributed by atoms with Gasteiger partial charge in [-0.3, -0.25) is 4.79 Å². The zero-order chi connectivity index (χ0) is 17.9. The molecule has 0 aliphatic rings. The molecule has 130 valence electrons. The highest BCUT2D eigenvalue weighted by Gasteiger charge is 2.15. The highest BCUT2D eigenvalue weighted by molar-refractivity contribution is 6.09. The zero-order valence-corrected chi connectivity index (χ0v) is 14.9. The molecule has 0 atom stereocenters. The Labute approximate surface area is 153 Å². The van der Waals surface area contributed by atoms with E-state index in [4.69, 9.17) is 0 Å². The Morgan fingerprint density at radius 3 is 2.54 bits per heavy atom. The van der Waals surface area contributed by atoms with Gasteiger partial charge in [0.1, 0.15) is 5.69 Å². The molecule has 0 spiro atoms. The van der Waals surface area contributed by atoms with Gasteiger partial charge in [0, 0.05) is 24.5 Å². The number of carbonyl (C=O) groups is 1. The van der Waals surface area contributed by atoms with Crippen LogP contribution in [0.2, 0.25) is 0 Å². The highest BCUT2D eigenvalue weighted by Crippen LogP contribution is 2.26. The van der Waals surface area contributed by atoms with Crippen molar-refractivity contribution in [2.45, 2.75) is 12.8 Å². The molecular weight excluding hydrogens is 320 g/mol. The quantitative estimate of drug-likeness (QED) is 0.543. The average molecular weight is 342 g/mol. The van der Waals surface area contributed by atoms with Crippen molar-refractivity contribution in [2.24, 2.45) is 0 Å². The molecule has 3 heteroatoms. The van der Waals surface area contributed by atoms with E-state index >= 15 is 0 Å². The minimum Gasteiger partial charge on any atom is -0.351 e. The smallest absolute Gasteiger partial charge is 0.270 e. The van der Waals surface area contributed by atoms with E-state index in [1.807, 2.05) is 37.4 Å². The predicted molar refractivity (Wildman–Crippen MR) is 108 cm³/mol. The van der Waals surface area contributed by atoms with E-state index in [-0.39, 0.29) is 5.91 Å². The minimum absolute atomic E-state index is 0.0401. The predicted octanol–water partition coefficient (Wildman–Crippen LogP) is 5.03. The van der Waals surface area contributed by atoms with Gasteiger partial charge in [0.25, 0.3) is 5.91 Å². The summed E-state index contributed by atoms with van der Waals surface area (Å²) in [4.78, 5) is 17.9. The maximum Gasteiger partial charge on any atom is 0.270 e. The summed E-state index contributed by atoms with van der Waals surface area (Å²) in [7, 11) is 1.87. The van der Waals surface area contributed by atoms with Gasteiger partial charge >= 0.3 is 0 Å². The Hall–Kier alpha value is -3.07. The fourth-order valence-electron chi connectivity index (χ4n) is 3.47. The standard InChI is InChI=1S/C23H22N2O/c1-25(15-7-10-17-8-3-2-4-9-17)23(26)22-16-20-19-12-6-5-11-18(19)13-14-21(20)24-22/h2-6,8-9,11-14,16,24H,7,10,15H2,1H3. The molecule has 1 amide bonds. The maximum atomic E-state index is 12.8. The number of hydrogen-bond donors (Lipinski definition) is 1. The molecular formula is C23H22N2O. The highest BCUT2D eigenvalue weighted by atomic mass is 16.2. The number of nitrogens with one attached hydrogen (secondary N) is 1. The van der Waals surface area contributed by atoms with Crippen LogP contribution in [0.4, 0.5) is 0 Å². The van der Waals surface area contributed by atoms with Gasteiger partial charge in [-0.05, 0) is 41.3 Å². The zero-order valence-electron chi connectivity index (χ0n) is 14.9. The molecule has 3 nitrogen and oxygen atoms in total. The monoisotopic (exact) mass is 342 g/mol. The normalized spacial score (nSPS) is 11.1. The molecule has 3 aromatic carbocycles. The molecule has 26 heavy (non-hydrogen) atoms. The summed E-state index contributed by atoms with van der Waals surface area (Å²) in [6.45, 7) is 0.740. The van der Waals surface area contributed by atoms with E-state index < -0.39 is 0 Å². The summed E-state index contributed by atoms with van der Waals surface area (Å²) < 4.78 is 0. The Morgan fingerprint density at radius 1 is 0.923 bits per heavy atom. The number of aryl methyl sites for hydroxylation is 1. The number of hydrogen-bond acceptors (Lipinski definition) is 1. The van der Waals surface area contributed by atoms with Crippen molar-refractivity contribution in [1.29, 1.82) is 0 Å². The van der Waals surface area contributed by atoms with Gasteiger partial charge in [-0.2, -0.15) is 0 Å². The minimum atomic E-state index is 0.0401. The van der Waals surface area contributed by atoms with Crippen molar-refractivity contribution in [3.63, 3.8) is 0 Å². The van der Waals surface area contributed by atoms with Crippen LogP contribution in [0.15, 0.2) is 72.8 Å². The van der Waals surface area contributed by atoms with Gasteiger partial charge in [-0.1, -0.05) is 60.7 Å². The fourth-order valence-corrected chi connectivity index (χ4v) is 3.47. The third-order valence-corrected chi connectivity index (χ3v) is 4.91. The number of benzene rings is 3. The lowest BCUT2D eigenvalue weighted by molar-refractivity contribution is 0.0789. The second kappa shape index (κ2) is 7.04. The Morgan fingerprint density at radius 2 is 1.69 bits per heavy atom. The Kier molecular flexibility index (Phi) is 4.44. The molecule has 1 heterocycles. The molecule has 1 aromatic heterocycles. The Bertz CT molecular complexity index is 1050. The first-order chi connectivity index (χ1) is 12.7. The van der Waals surface area contributed by atoms with Crippen molar-refractivity contribution < 1.29 is 4.79 Å². The summed E-state index contributed by atoms with van der Waals surface area (Å²) in [5.74, 6) is 0.0401. The number of aromatic amines is 1. The molecule has 1 N–H and O–H groups in total. The van der Waals surface area contributed by atoms with Crippen LogP contribution < -0.4 is 0 Å². The number of rotatable bonds is 5. The van der Waals surface area contributed by atoms with E-state index in [0.717, 1.165) is 30.3 Å². The van der Waals surface area contributed by atoms with Gasteiger partial charge in [0.15, 0.2) is 0 Å². The lowest BCUT2D eigenvalue weighted by atomic mass is 10.1. The number of H-pyrrole nitrogens is 1. The van der Waals surface area contributed by atoms with Crippen molar-refractivity contribution in [3.8, 4) is 0 Å². The van der Waals surface area contributed by atoms with Crippen molar-refractivity contribution in [2.75, 3.05) is 13.6 Å². The van der Waals surface area contributed by atoms with Crippen molar-refractivity contribution in [3.05, 3.63) is 84.1 Å². The lowest BCUT2D eigenvalue weighted by Gasteiger charge is -2.16. The topological polar surface area (TPSA) is 36.1 Å². The molecule has 0 unspecified atom stereocenters. The second-order valence-corrected chi connectivity index (χ2v) is 6.75. The van der Waals surface area contributed by atoms with Gasteiger partial charge in [-0.15, -0.1) is 0 Å². The molecule has 0 radical (unpaired) electrons. The van der Waals surface area contributed by atoms with Crippen LogP contribution in [0.5, 0.6) is 0 Å². The summed E-state index contributed by atoms with van der Waals surface area (Å²) in [6.07, 6.45) is 1.94. The summed E-state index contributed by atoms with van der Waals surface area (Å²) in [6, 6.07) is 24.8. The average Bonchev–Trinajstić information content (AvgIpc) is 3.13. The molecule has 0 bridgehead atoms. The van der Waals surface area contributed by atoms with E-state index in [1.165, 1.54) is 16.3 Å². The largest absolute Gasteiger partial charge is 0.351 e. The van der Waals surface area contributed by atoms with E-state index in [0.29, 0.717) is 5.69 Å². The molecule has 0 aliphatic heterocycles. The SMILES string of the molecule is CN(CCCc1ccccc1)C(=O)c1cc2c(ccc3ccccc32)[nH]1. The van der Waals surface area contributed by atoms with Gasteiger partial charge in [-0.25, -0.2) is 0 Å². The summed E-state index contributed by atoms with van der Waals surface area (Å²) in [5, 5.41) is 3.46. The van der Waals surface area contributed by atoms with Crippen LogP contribution in [-0.4, -0.2) is 29.4 Å². The first-order valence-electron chi connectivity index (χ1n) is 9.02. The van der Waals surface area contributed by atoms with Gasteiger partial charge in [0.05, 0.1) is 0 Å². The first kappa shape index (κ1) is 16.4. The van der Waals surface area contributed by atoms with Crippen LogP contribution in [0.3, 0.4) is 0 Å². The van der Waals surface area contributed by atoms with Gasteiger partial charge < -0.3 is 9.88 Å². The molecule has 0 saturated carbocycles. The van der Waals surface area contributed by atoms with Gasteiger partial charge in [0.2, 0.25) is 0 Å². The number of carbonyl (C=O) groups excluding carboxylic acids is 1. The van der Waals surface area contributed by atoms with E-state index in [2.05, 4.69) is 47.4 Å². The van der Waals surface area contributed by atoms with E-state index in [1.54, 1.807) is 4.90 Å². The molecule has 4 aromatic rings. The number of aromatic nitrogens is 1. The third kappa shape index (κ3) is 3.21. The third-order valence-electron chi connectivity index (χ3n) is 4.91. The molecule has 0 aliphatic carbocycles. The molecule has 4 rings (SSSR count). The van der Waals surface area contributed by atoms with Crippen LogP contribution >= 0.6 is 0 Å². The summed E-state index contributed by atoms with van der Waals surface area (Å²) in [5.41, 5.74) is 2.97. The summed E-state index contributed by atoms with van der Waals surface area (Å²) >= 11 is 0. The second-order valence-electron chi connectivity index (χ2n) is 6.75. The number of fused-ring (bicyclic) bond motifs is 3. The fraction of sp³-hybridized carbons (Fsp3) is 0.174. The molecule has 0 fully saturated rings. The van der Waals surface area contributed by atoms with Crippen molar-refractivity contribution in [1.82, 2.24) is 9.88 Å². The van der Waals surface area contributed by atoms with Crippen molar-refractivity contribution >= 4 is 27.6 Å². The maximum absolute atomic E-state index is 12.8. The Balaban J connectivity index is 1.49. The lowest BCUT2D eigenvalue weighted by Crippen LogP contribution is -2.28. The van der Waals surface area contributed by atoms with E-state index in [9.17, 15) is 4.79 Å². The number of nitrogens with zero attached hydrogens (tertiary/aromatic N) is 1. The van der Waals surface area contributed by atoms with Crippen LogP contribution in [0.25, 0.3) is 21.7 Å². The number of amides is 1. The van der Waals surface area contributed by atoms with Crippen LogP contribution in [-0.2, 0) is 6.42 Å². The van der Waals surface area contributed by atoms with Crippen LogP contribution in [0.1, 0.15) is 22.5 Å². The van der Waals surface area contributed by atoms with Crippen LogP contribution in [0, 0.1) is 0 Å². The molecule has 0 saturated heterocycles.